The molecule has 92 valence electrons. The minimum atomic E-state index is -0.00520. The number of carbonyl (C=O) groups excluding carboxylic acids is 1. The highest BCUT2D eigenvalue weighted by Crippen LogP contribution is 2.21. The third-order valence-corrected chi connectivity index (χ3v) is 3.80. The van der Waals surface area contributed by atoms with E-state index in [1.165, 1.54) is 12.8 Å². The van der Waals surface area contributed by atoms with E-state index in [1.54, 1.807) is 0 Å². The van der Waals surface area contributed by atoms with Gasteiger partial charge in [-0.25, -0.2) is 0 Å². The first-order chi connectivity index (χ1) is 7.74. The van der Waals surface area contributed by atoms with Crippen molar-refractivity contribution >= 4 is 5.91 Å². The highest BCUT2D eigenvalue weighted by atomic mass is 16.2. The Morgan fingerprint density at radius 1 is 1.38 bits per heavy atom. The van der Waals surface area contributed by atoms with Gasteiger partial charge in [0.2, 0.25) is 5.91 Å². The van der Waals surface area contributed by atoms with Crippen molar-refractivity contribution in [2.75, 3.05) is 26.2 Å². The van der Waals surface area contributed by atoms with Gasteiger partial charge in [0.1, 0.15) is 0 Å². The van der Waals surface area contributed by atoms with E-state index in [2.05, 4.69) is 22.0 Å². The van der Waals surface area contributed by atoms with Crippen molar-refractivity contribution in [3.63, 3.8) is 0 Å². The van der Waals surface area contributed by atoms with Crippen LogP contribution in [0.15, 0.2) is 0 Å². The van der Waals surface area contributed by atoms with Gasteiger partial charge in [0.05, 0.1) is 12.2 Å². The van der Waals surface area contributed by atoms with Crippen LogP contribution < -0.4 is 5.32 Å². The molecule has 0 aliphatic carbocycles. The molecule has 2 unspecified atom stereocenters. The molecule has 1 amide bonds. The maximum atomic E-state index is 12.1. The molecule has 0 bridgehead atoms. The van der Waals surface area contributed by atoms with Gasteiger partial charge in [0.25, 0.3) is 0 Å². The van der Waals surface area contributed by atoms with Crippen LogP contribution in [0.25, 0.3) is 0 Å². The molecule has 1 N–H and O–H groups in total. The summed E-state index contributed by atoms with van der Waals surface area (Å²) >= 11 is 0. The van der Waals surface area contributed by atoms with Gasteiger partial charge in [-0.15, -0.1) is 0 Å². The lowest BCUT2D eigenvalue weighted by molar-refractivity contribution is -0.143. The molecular weight excluding hydrogens is 202 g/mol. The van der Waals surface area contributed by atoms with Gasteiger partial charge in [-0.3, -0.25) is 9.69 Å². The van der Waals surface area contributed by atoms with E-state index >= 15 is 0 Å². The Kier molecular flexibility index (Phi) is 3.82. The first-order valence-electron chi connectivity index (χ1n) is 6.52. The summed E-state index contributed by atoms with van der Waals surface area (Å²) in [4.78, 5) is 16.7. The van der Waals surface area contributed by atoms with Crippen molar-refractivity contribution in [1.29, 1.82) is 0 Å². The minimum Gasteiger partial charge on any atom is -0.324 e. The molecule has 2 fully saturated rings. The number of hydrogen-bond acceptors (Lipinski definition) is 3. The topological polar surface area (TPSA) is 35.6 Å². The number of piperazine rings is 1. The Balaban J connectivity index is 2.06. The second-order valence-electron chi connectivity index (χ2n) is 4.81. The lowest BCUT2D eigenvalue weighted by Crippen LogP contribution is -2.61. The van der Waals surface area contributed by atoms with Crippen LogP contribution in [-0.4, -0.2) is 54.1 Å². The van der Waals surface area contributed by atoms with E-state index < -0.39 is 0 Å². The molecule has 0 aromatic carbocycles. The predicted octanol–water partition coefficient (Wildman–Crippen LogP) is 0.639. The van der Waals surface area contributed by atoms with Crippen LogP contribution in [0, 0.1) is 0 Å². The molecule has 2 aliphatic heterocycles. The van der Waals surface area contributed by atoms with Crippen molar-refractivity contribution in [2.24, 2.45) is 0 Å². The average Bonchev–Trinajstić information content (AvgIpc) is 2.33. The Labute approximate surface area is 98.0 Å². The zero-order chi connectivity index (χ0) is 11.5. The zero-order valence-electron chi connectivity index (χ0n) is 10.4. The van der Waals surface area contributed by atoms with E-state index in [0.717, 1.165) is 32.6 Å². The van der Waals surface area contributed by atoms with Gasteiger partial charge in [0, 0.05) is 19.6 Å². The molecular formula is C12H23N3O. The molecule has 0 spiro atoms. The second-order valence-corrected chi connectivity index (χ2v) is 4.81. The number of hydrogen-bond donors (Lipinski definition) is 1. The Bertz CT molecular complexity index is 257. The van der Waals surface area contributed by atoms with Crippen LogP contribution in [0.4, 0.5) is 0 Å². The molecule has 2 atom stereocenters. The SMILES string of the molecule is CCN1CCCCC1N1CCNC(C)C1=O. The number of nitrogens with zero attached hydrogens (tertiary/aromatic N) is 2. The van der Waals surface area contributed by atoms with Crippen LogP contribution in [-0.2, 0) is 4.79 Å². The maximum absolute atomic E-state index is 12.1. The molecule has 16 heavy (non-hydrogen) atoms. The number of amides is 1. The van der Waals surface area contributed by atoms with Crippen LogP contribution >= 0.6 is 0 Å². The van der Waals surface area contributed by atoms with Crippen LogP contribution in [0.1, 0.15) is 33.1 Å². The van der Waals surface area contributed by atoms with Crippen molar-refractivity contribution < 1.29 is 4.79 Å². The van der Waals surface area contributed by atoms with Gasteiger partial charge in [0.15, 0.2) is 0 Å². The van der Waals surface area contributed by atoms with E-state index in [4.69, 9.17) is 0 Å². The van der Waals surface area contributed by atoms with Crippen LogP contribution in [0.2, 0.25) is 0 Å². The Morgan fingerprint density at radius 2 is 2.19 bits per heavy atom. The van der Waals surface area contributed by atoms with Crippen molar-refractivity contribution in [3.8, 4) is 0 Å². The molecule has 2 saturated heterocycles. The van der Waals surface area contributed by atoms with Gasteiger partial charge in [-0.2, -0.15) is 0 Å². The van der Waals surface area contributed by atoms with Crippen molar-refractivity contribution in [2.45, 2.75) is 45.3 Å². The summed E-state index contributed by atoms with van der Waals surface area (Å²) < 4.78 is 0. The molecule has 2 heterocycles. The zero-order valence-corrected chi connectivity index (χ0v) is 10.4. The van der Waals surface area contributed by atoms with E-state index in [1.807, 2.05) is 6.92 Å². The third kappa shape index (κ3) is 2.23. The van der Waals surface area contributed by atoms with E-state index in [0.29, 0.717) is 6.17 Å². The van der Waals surface area contributed by atoms with E-state index in [-0.39, 0.29) is 11.9 Å². The fourth-order valence-electron chi connectivity index (χ4n) is 2.84. The summed E-state index contributed by atoms with van der Waals surface area (Å²) in [6, 6.07) is -0.00520. The highest BCUT2D eigenvalue weighted by Gasteiger charge is 2.34. The quantitative estimate of drug-likeness (QED) is 0.749. The minimum absolute atomic E-state index is 0.00520. The average molecular weight is 225 g/mol. The molecule has 0 aromatic rings. The predicted molar refractivity (Wildman–Crippen MR) is 64.1 cm³/mol. The van der Waals surface area contributed by atoms with Gasteiger partial charge in [-0.05, 0) is 32.7 Å². The number of carbonyl (C=O) groups is 1. The highest BCUT2D eigenvalue weighted by molar-refractivity contribution is 5.82. The first-order valence-corrected chi connectivity index (χ1v) is 6.52. The maximum Gasteiger partial charge on any atom is 0.240 e. The number of likely N-dealkylation sites (tertiary alicyclic amines) is 1. The smallest absolute Gasteiger partial charge is 0.240 e. The largest absolute Gasteiger partial charge is 0.324 e. The number of nitrogens with one attached hydrogen (secondary N) is 1. The van der Waals surface area contributed by atoms with Gasteiger partial charge in [-0.1, -0.05) is 6.92 Å². The molecule has 4 heteroatoms. The van der Waals surface area contributed by atoms with Crippen molar-refractivity contribution in [1.82, 2.24) is 15.1 Å². The summed E-state index contributed by atoms with van der Waals surface area (Å²) in [5, 5.41) is 3.22. The molecule has 0 radical (unpaired) electrons. The van der Waals surface area contributed by atoms with Crippen LogP contribution in [0.3, 0.4) is 0 Å². The lowest BCUT2D eigenvalue weighted by atomic mass is 10.0. The standard InChI is InChI=1S/C12H23N3O/c1-3-14-8-5-4-6-11(14)15-9-7-13-10(2)12(15)16/h10-11,13H,3-9H2,1-2H3. The fourth-order valence-corrected chi connectivity index (χ4v) is 2.84. The Hall–Kier alpha value is -0.610. The first kappa shape index (κ1) is 11.9. The molecule has 4 nitrogen and oxygen atoms in total. The molecule has 2 aliphatic rings. The number of rotatable bonds is 2. The summed E-state index contributed by atoms with van der Waals surface area (Å²) in [7, 11) is 0. The lowest BCUT2D eigenvalue weighted by Gasteiger charge is -2.45. The fraction of sp³-hybridized carbons (Fsp3) is 0.917. The monoisotopic (exact) mass is 225 g/mol. The summed E-state index contributed by atoms with van der Waals surface area (Å²) in [6.07, 6.45) is 4.04. The van der Waals surface area contributed by atoms with Gasteiger partial charge < -0.3 is 10.2 Å². The molecule has 0 saturated carbocycles. The summed E-state index contributed by atoms with van der Waals surface area (Å²) in [5.74, 6) is 0.275. The molecule has 0 aromatic heterocycles. The normalized spacial score (nSPS) is 33.1. The Morgan fingerprint density at radius 3 is 2.94 bits per heavy atom. The summed E-state index contributed by atoms with van der Waals surface area (Å²) in [5.41, 5.74) is 0. The van der Waals surface area contributed by atoms with E-state index in [9.17, 15) is 4.79 Å². The van der Waals surface area contributed by atoms with Crippen LogP contribution in [0.5, 0.6) is 0 Å². The second kappa shape index (κ2) is 5.15. The molecule has 2 rings (SSSR count). The number of piperidine rings is 1. The van der Waals surface area contributed by atoms with Crippen molar-refractivity contribution in [3.05, 3.63) is 0 Å². The van der Waals surface area contributed by atoms with Gasteiger partial charge >= 0.3 is 0 Å². The summed E-state index contributed by atoms with van der Waals surface area (Å²) in [6.45, 7) is 8.15. The third-order valence-electron chi connectivity index (χ3n) is 3.80.